The zero-order valence-corrected chi connectivity index (χ0v) is 10.6. The van der Waals surface area contributed by atoms with Crippen molar-refractivity contribution < 1.29 is 4.92 Å². The van der Waals surface area contributed by atoms with Crippen LogP contribution in [0.3, 0.4) is 0 Å². The predicted molar refractivity (Wildman–Crippen MR) is 72.6 cm³/mol. The molecule has 1 heterocycles. The van der Waals surface area contributed by atoms with Gasteiger partial charge in [0.25, 0.3) is 5.69 Å². The van der Waals surface area contributed by atoms with Crippen molar-refractivity contribution in [3.05, 3.63) is 70.0 Å². The number of nitrogens with zero attached hydrogens (tertiary/aromatic N) is 2. The van der Waals surface area contributed by atoms with E-state index in [1.807, 2.05) is 25.1 Å². The van der Waals surface area contributed by atoms with Gasteiger partial charge >= 0.3 is 0 Å². The summed E-state index contributed by atoms with van der Waals surface area (Å²) in [6.07, 6.45) is 1.73. The van der Waals surface area contributed by atoms with Crippen LogP contribution >= 0.6 is 0 Å². The minimum Gasteiger partial charge on any atom is -0.304 e. The Morgan fingerprint density at radius 2 is 2.00 bits per heavy atom. The van der Waals surface area contributed by atoms with Crippen molar-refractivity contribution in [2.45, 2.75) is 19.5 Å². The third-order valence-corrected chi connectivity index (χ3v) is 2.92. The molecule has 1 aromatic carbocycles. The summed E-state index contributed by atoms with van der Waals surface area (Å²) in [5.74, 6) is 0. The summed E-state index contributed by atoms with van der Waals surface area (Å²) in [6, 6.07) is 12.5. The number of hydrogen-bond acceptors (Lipinski definition) is 4. The van der Waals surface area contributed by atoms with Gasteiger partial charge in [0.05, 0.1) is 10.6 Å². The maximum absolute atomic E-state index is 10.9. The fourth-order valence-corrected chi connectivity index (χ4v) is 1.84. The first-order chi connectivity index (χ1) is 9.18. The van der Waals surface area contributed by atoms with Gasteiger partial charge in [-0.1, -0.05) is 24.3 Å². The van der Waals surface area contributed by atoms with Crippen molar-refractivity contribution in [1.29, 1.82) is 0 Å². The van der Waals surface area contributed by atoms with Crippen LogP contribution in [0.25, 0.3) is 0 Å². The summed E-state index contributed by atoms with van der Waals surface area (Å²) in [6.45, 7) is 2.42. The molecular formula is C14H15N3O2. The predicted octanol–water partition coefficient (Wildman–Crippen LogP) is 2.84. The summed E-state index contributed by atoms with van der Waals surface area (Å²) in [7, 11) is 0. The number of nitrogens with one attached hydrogen (secondary N) is 1. The molecule has 0 aliphatic rings. The molecule has 0 fully saturated rings. The monoisotopic (exact) mass is 257 g/mol. The summed E-state index contributed by atoms with van der Waals surface area (Å²) in [5.41, 5.74) is 1.74. The molecule has 0 aliphatic carbocycles. The second-order valence-electron chi connectivity index (χ2n) is 4.24. The van der Waals surface area contributed by atoms with Gasteiger partial charge in [0.2, 0.25) is 0 Å². The number of benzene rings is 1. The lowest BCUT2D eigenvalue weighted by Crippen LogP contribution is -2.19. The standard InChI is InChI=1S/C14H15N3O2/c1-11(13-7-4-5-9-15-13)16-10-12-6-2-3-8-14(12)17(18)19/h2-9,11,16H,10H2,1H3/t11-/m1/s1. The molecule has 2 rings (SSSR count). The van der Waals surface area contributed by atoms with E-state index in [0.717, 1.165) is 5.69 Å². The molecule has 1 aromatic heterocycles. The van der Waals surface area contributed by atoms with E-state index in [1.54, 1.807) is 24.4 Å². The van der Waals surface area contributed by atoms with E-state index >= 15 is 0 Å². The Kier molecular flexibility index (Phi) is 4.20. The lowest BCUT2D eigenvalue weighted by molar-refractivity contribution is -0.385. The molecule has 0 bridgehead atoms. The number of nitro benzene ring substituents is 1. The molecule has 1 atom stereocenters. The maximum atomic E-state index is 10.9. The number of nitro groups is 1. The van der Waals surface area contributed by atoms with Gasteiger partial charge in [0.1, 0.15) is 0 Å². The fourth-order valence-electron chi connectivity index (χ4n) is 1.84. The van der Waals surface area contributed by atoms with Crippen LogP contribution in [0.4, 0.5) is 5.69 Å². The highest BCUT2D eigenvalue weighted by atomic mass is 16.6. The SMILES string of the molecule is C[C@@H](NCc1ccccc1[N+](=O)[O-])c1ccccn1. The topological polar surface area (TPSA) is 68.1 Å². The quantitative estimate of drug-likeness (QED) is 0.660. The number of aromatic nitrogens is 1. The maximum Gasteiger partial charge on any atom is 0.273 e. The van der Waals surface area contributed by atoms with E-state index in [9.17, 15) is 10.1 Å². The van der Waals surface area contributed by atoms with Crippen molar-refractivity contribution in [1.82, 2.24) is 10.3 Å². The van der Waals surface area contributed by atoms with Gasteiger partial charge in [-0.3, -0.25) is 15.1 Å². The largest absolute Gasteiger partial charge is 0.304 e. The average molecular weight is 257 g/mol. The Labute approximate surface area is 111 Å². The molecule has 0 saturated carbocycles. The van der Waals surface area contributed by atoms with E-state index in [2.05, 4.69) is 10.3 Å². The zero-order valence-electron chi connectivity index (χ0n) is 10.6. The molecule has 2 aromatic rings. The number of para-hydroxylation sites is 1. The van der Waals surface area contributed by atoms with Crippen LogP contribution in [0.1, 0.15) is 24.2 Å². The molecule has 0 radical (unpaired) electrons. The lowest BCUT2D eigenvalue weighted by atomic mass is 10.1. The molecule has 0 aliphatic heterocycles. The smallest absolute Gasteiger partial charge is 0.273 e. The van der Waals surface area contributed by atoms with Gasteiger partial charge in [-0.2, -0.15) is 0 Å². The number of rotatable bonds is 5. The fraction of sp³-hybridized carbons (Fsp3) is 0.214. The lowest BCUT2D eigenvalue weighted by Gasteiger charge is -2.13. The minimum absolute atomic E-state index is 0.0426. The molecule has 0 amide bonds. The molecule has 1 N–H and O–H groups in total. The Morgan fingerprint density at radius 1 is 1.26 bits per heavy atom. The molecule has 0 spiro atoms. The third kappa shape index (κ3) is 3.35. The number of hydrogen-bond donors (Lipinski definition) is 1. The summed E-state index contributed by atoms with van der Waals surface area (Å²) in [4.78, 5) is 14.8. The molecule has 19 heavy (non-hydrogen) atoms. The zero-order chi connectivity index (χ0) is 13.7. The van der Waals surface area contributed by atoms with Gasteiger partial charge in [0.15, 0.2) is 0 Å². The van der Waals surface area contributed by atoms with Gasteiger partial charge in [-0.05, 0) is 19.1 Å². The van der Waals surface area contributed by atoms with Crippen LogP contribution in [-0.2, 0) is 6.54 Å². The first-order valence-corrected chi connectivity index (χ1v) is 6.05. The molecule has 0 unspecified atom stereocenters. The highest BCUT2D eigenvalue weighted by molar-refractivity contribution is 5.39. The normalized spacial score (nSPS) is 12.1. The first-order valence-electron chi connectivity index (χ1n) is 6.05. The van der Waals surface area contributed by atoms with Crippen molar-refractivity contribution in [3.63, 3.8) is 0 Å². The molecule has 5 heteroatoms. The van der Waals surface area contributed by atoms with Crippen LogP contribution in [0.2, 0.25) is 0 Å². The summed E-state index contributed by atoms with van der Waals surface area (Å²) < 4.78 is 0. The Morgan fingerprint density at radius 3 is 2.68 bits per heavy atom. The molecule has 98 valence electrons. The van der Waals surface area contributed by atoms with Crippen LogP contribution in [-0.4, -0.2) is 9.91 Å². The Hall–Kier alpha value is -2.27. The van der Waals surface area contributed by atoms with Crippen molar-refractivity contribution >= 4 is 5.69 Å². The third-order valence-electron chi connectivity index (χ3n) is 2.92. The highest BCUT2D eigenvalue weighted by Gasteiger charge is 2.13. The summed E-state index contributed by atoms with van der Waals surface area (Å²) >= 11 is 0. The van der Waals surface area contributed by atoms with Crippen LogP contribution in [0, 0.1) is 10.1 Å². The van der Waals surface area contributed by atoms with E-state index in [4.69, 9.17) is 0 Å². The Balaban J connectivity index is 2.05. The average Bonchev–Trinajstić information content (AvgIpc) is 2.46. The molecule has 5 nitrogen and oxygen atoms in total. The van der Waals surface area contributed by atoms with Gasteiger partial charge in [-0.15, -0.1) is 0 Å². The molecule has 0 saturated heterocycles. The van der Waals surface area contributed by atoms with Crippen molar-refractivity contribution in [2.75, 3.05) is 0 Å². The van der Waals surface area contributed by atoms with Crippen LogP contribution in [0.15, 0.2) is 48.7 Å². The van der Waals surface area contributed by atoms with Crippen molar-refractivity contribution in [2.24, 2.45) is 0 Å². The van der Waals surface area contributed by atoms with Gasteiger partial charge < -0.3 is 5.32 Å². The summed E-state index contributed by atoms with van der Waals surface area (Å²) in [5, 5.41) is 14.1. The molecular weight excluding hydrogens is 242 g/mol. The van der Waals surface area contributed by atoms with Crippen LogP contribution < -0.4 is 5.32 Å². The first kappa shape index (κ1) is 13.2. The second-order valence-corrected chi connectivity index (χ2v) is 4.24. The minimum atomic E-state index is -0.359. The van der Waals surface area contributed by atoms with Crippen LogP contribution in [0.5, 0.6) is 0 Å². The highest BCUT2D eigenvalue weighted by Crippen LogP contribution is 2.18. The van der Waals surface area contributed by atoms with Gasteiger partial charge in [0, 0.05) is 30.4 Å². The van der Waals surface area contributed by atoms with E-state index in [-0.39, 0.29) is 16.7 Å². The van der Waals surface area contributed by atoms with E-state index in [1.165, 1.54) is 6.07 Å². The van der Waals surface area contributed by atoms with Crippen molar-refractivity contribution in [3.8, 4) is 0 Å². The van der Waals surface area contributed by atoms with E-state index < -0.39 is 0 Å². The number of pyridine rings is 1. The second kappa shape index (κ2) is 6.06. The van der Waals surface area contributed by atoms with E-state index in [0.29, 0.717) is 12.1 Å². The van der Waals surface area contributed by atoms with Gasteiger partial charge in [-0.25, -0.2) is 0 Å². The Bertz CT molecular complexity index is 558.